The van der Waals surface area contributed by atoms with E-state index in [0.717, 1.165) is 12.8 Å². The summed E-state index contributed by atoms with van der Waals surface area (Å²) in [5.74, 6) is 0. The number of oxime groups is 1. The molecule has 0 aromatic heterocycles. The standard InChI is InChI=1S/C15H31NO2Si/c1-15(2,3)14(12-17-19(4,5)6)18-16-13-10-8-7-9-11-13/h14H,7-12H2,1-6H3/t14-/m1/s1. The maximum absolute atomic E-state index is 6.00. The van der Waals surface area contributed by atoms with E-state index in [1.165, 1.54) is 25.0 Å². The van der Waals surface area contributed by atoms with Crippen molar-refractivity contribution in [1.29, 1.82) is 0 Å². The third-order valence-electron chi connectivity index (χ3n) is 3.37. The van der Waals surface area contributed by atoms with Crippen molar-refractivity contribution < 1.29 is 9.26 Å². The SMILES string of the molecule is CC(C)(C)[C@@H](CO[Si](C)(C)C)ON=C1CCCCC1. The van der Waals surface area contributed by atoms with Gasteiger partial charge in [-0.15, -0.1) is 0 Å². The molecule has 1 atom stereocenters. The highest BCUT2D eigenvalue weighted by Gasteiger charge is 2.29. The molecule has 0 radical (unpaired) electrons. The Hall–Kier alpha value is -0.353. The van der Waals surface area contributed by atoms with E-state index in [-0.39, 0.29) is 11.5 Å². The molecule has 1 aliphatic carbocycles. The predicted molar refractivity (Wildman–Crippen MR) is 84.1 cm³/mol. The molecule has 0 spiro atoms. The Balaban J connectivity index is 2.54. The van der Waals surface area contributed by atoms with E-state index in [1.807, 2.05) is 0 Å². The van der Waals surface area contributed by atoms with E-state index in [0.29, 0.717) is 6.61 Å². The molecule has 0 unspecified atom stereocenters. The summed E-state index contributed by atoms with van der Waals surface area (Å²) in [6.45, 7) is 13.8. The molecule has 0 heterocycles. The molecule has 1 rings (SSSR count). The van der Waals surface area contributed by atoms with E-state index in [1.54, 1.807) is 0 Å². The van der Waals surface area contributed by atoms with Crippen molar-refractivity contribution in [2.75, 3.05) is 6.61 Å². The summed E-state index contributed by atoms with van der Waals surface area (Å²) in [6, 6.07) is 0. The number of rotatable bonds is 5. The van der Waals surface area contributed by atoms with Crippen molar-refractivity contribution in [2.45, 2.75) is 78.6 Å². The van der Waals surface area contributed by atoms with Crippen molar-refractivity contribution >= 4 is 14.0 Å². The van der Waals surface area contributed by atoms with Gasteiger partial charge in [-0.1, -0.05) is 32.3 Å². The van der Waals surface area contributed by atoms with Crippen LogP contribution in [-0.2, 0) is 9.26 Å². The van der Waals surface area contributed by atoms with Crippen LogP contribution in [0.4, 0.5) is 0 Å². The fourth-order valence-electron chi connectivity index (χ4n) is 1.95. The highest BCUT2D eigenvalue weighted by atomic mass is 28.4. The van der Waals surface area contributed by atoms with Gasteiger partial charge in [0.2, 0.25) is 0 Å². The van der Waals surface area contributed by atoms with Crippen LogP contribution in [0.1, 0.15) is 52.9 Å². The third kappa shape index (κ3) is 7.11. The monoisotopic (exact) mass is 285 g/mol. The molecular weight excluding hydrogens is 254 g/mol. The topological polar surface area (TPSA) is 30.8 Å². The van der Waals surface area contributed by atoms with Crippen molar-refractivity contribution in [2.24, 2.45) is 10.6 Å². The van der Waals surface area contributed by atoms with Gasteiger partial charge in [0, 0.05) is 5.41 Å². The van der Waals surface area contributed by atoms with E-state index in [4.69, 9.17) is 9.26 Å². The number of nitrogens with zero attached hydrogens (tertiary/aromatic N) is 1. The maximum atomic E-state index is 6.00. The van der Waals surface area contributed by atoms with Gasteiger partial charge in [0.1, 0.15) is 0 Å². The molecule has 3 nitrogen and oxygen atoms in total. The lowest BCUT2D eigenvalue weighted by Crippen LogP contribution is -2.38. The molecule has 0 N–H and O–H groups in total. The van der Waals surface area contributed by atoms with Gasteiger partial charge in [0.15, 0.2) is 14.4 Å². The van der Waals surface area contributed by atoms with Gasteiger partial charge >= 0.3 is 0 Å². The van der Waals surface area contributed by atoms with Crippen LogP contribution in [0, 0.1) is 5.41 Å². The minimum absolute atomic E-state index is 0.0358. The van der Waals surface area contributed by atoms with Gasteiger partial charge in [0.25, 0.3) is 0 Å². The highest BCUT2D eigenvalue weighted by molar-refractivity contribution is 6.69. The zero-order chi connectivity index (χ0) is 14.5. The summed E-state index contributed by atoms with van der Waals surface area (Å²) in [5.41, 5.74) is 1.28. The van der Waals surface area contributed by atoms with Crippen LogP contribution in [0.25, 0.3) is 0 Å². The molecule has 19 heavy (non-hydrogen) atoms. The van der Waals surface area contributed by atoms with Crippen molar-refractivity contribution in [1.82, 2.24) is 0 Å². The first-order valence-electron chi connectivity index (χ1n) is 7.54. The zero-order valence-corrected chi connectivity index (χ0v) is 14.6. The van der Waals surface area contributed by atoms with E-state index >= 15 is 0 Å². The molecule has 1 fully saturated rings. The van der Waals surface area contributed by atoms with Gasteiger partial charge in [-0.3, -0.25) is 0 Å². The van der Waals surface area contributed by atoms with Crippen LogP contribution in [0.2, 0.25) is 19.6 Å². The number of hydrogen-bond donors (Lipinski definition) is 0. The first-order valence-corrected chi connectivity index (χ1v) is 10.9. The summed E-state index contributed by atoms with van der Waals surface area (Å²) < 4.78 is 6.00. The normalized spacial score (nSPS) is 19.2. The van der Waals surface area contributed by atoms with Crippen LogP contribution in [0.3, 0.4) is 0 Å². The Labute approximate surface area is 119 Å². The molecule has 0 bridgehead atoms. The average Bonchev–Trinajstić information content (AvgIpc) is 2.27. The van der Waals surface area contributed by atoms with Crippen LogP contribution in [-0.4, -0.2) is 26.7 Å². The lowest BCUT2D eigenvalue weighted by atomic mass is 9.90. The second-order valence-electron chi connectivity index (χ2n) is 7.60. The fraction of sp³-hybridized carbons (Fsp3) is 0.933. The summed E-state index contributed by atoms with van der Waals surface area (Å²) in [7, 11) is -1.50. The van der Waals surface area contributed by atoms with Gasteiger partial charge in [-0.2, -0.15) is 0 Å². The second kappa shape index (κ2) is 6.89. The molecule has 0 aromatic rings. The van der Waals surface area contributed by atoms with Gasteiger partial charge in [-0.25, -0.2) is 0 Å². The Bertz CT molecular complexity index is 294. The van der Waals surface area contributed by atoms with E-state index in [2.05, 4.69) is 45.6 Å². The molecule has 1 aliphatic rings. The minimum atomic E-state index is -1.50. The maximum Gasteiger partial charge on any atom is 0.183 e. The molecule has 0 aromatic carbocycles. The van der Waals surface area contributed by atoms with Gasteiger partial charge < -0.3 is 9.26 Å². The highest BCUT2D eigenvalue weighted by Crippen LogP contribution is 2.25. The van der Waals surface area contributed by atoms with Crippen molar-refractivity contribution in [3.8, 4) is 0 Å². The van der Waals surface area contributed by atoms with E-state index < -0.39 is 8.32 Å². The quantitative estimate of drug-likeness (QED) is 0.546. The van der Waals surface area contributed by atoms with Crippen LogP contribution < -0.4 is 0 Å². The smallest absolute Gasteiger partial charge is 0.183 e. The zero-order valence-electron chi connectivity index (χ0n) is 13.6. The first kappa shape index (κ1) is 16.7. The summed E-state index contributed by atoms with van der Waals surface area (Å²) in [5, 5.41) is 4.40. The molecule has 0 aliphatic heterocycles. The Morgan fingerprint density at radius 2 is 1.68 bits per heavy atom. The molecule has 112 valence electrons. The summed E-state index contributed by atoms with van der Waals surface area (Å²) in [6.07, 6.45) is 6.09. The molecule has 4 heteroatoms. The van der Waals surface area contributed by atoms with Gasteiger partial charge in [-0.05, 0) is 45.3 Å². The fourth-order valence-corrected chi connectivity index (χ4v) is 2.60. The molecular formula is C15H31NO2Si. The average molecular weight is 286 g/mol. The Morgan fingerprint density at radius 3 is 2.16 bits per heavy atom. The predicted octanol–water partition coefficient (Wildman–Crippen LogP) is 4.59. The van der Waals surface area contributed by atoms with Crippen LogP contribution in [0.15, 0.2) is 5.16 Å². The lowest BCUT2D eigenvalue weighted by Gasteiger charge is -2.31. The molecule has 0 saturated heterocycles. The third-order valence-corrected chi connectivity index (χ3v) is 4.41. The Kier molecular flexibility index (Phi) is 6.05. The van der Waals surface area contributed by atoms with E-state index in [9.17, 15) is 0 Å². The lowest BCUT2D eigenvalue weighted by molar-refractivity contribution is -0.0437. The summed E-state index contributed by atoms with van der Waals surface area (Å²) in [4.78, 5) is 5.83. The molecule has 1 saturated carbocycles. The Morgan fingerprint density at radius 1 is 1.11 bits per heavy atom. The van der Waals surface area contributed by atoms with Crippen LogP contribution >= 0.6 is 0 Å². The second-order valence-corrected chi connectivity index (χ2v) is 12.1. The van der Waals surface area contributed by atoms with Crippen molar-refractivity contribution in [3.63, 3.8) is 0 Å². The minimum Gasteiger partial charge on any atom is -0.414 e. The van der Waals surface area contributed by atoms with Crippen LogP contribution in [0.5, 0.6) is 0 Å². The first-order chi connectivity index (χ1) is 8.68. The number of hydrogen-bond acceptors (Lipinski definition) is 3. The largest absolute Gasteiger partial charge is 0.414 e. The van der Waals surface area contributed by atoms with Crippen molar-refractivity contribution in [3.05, 3.63) is 0 Å². The summed E-state index contributed by atoms with van der Waals surface area (Å²) >= 11 is 0. The van der Waals surface area contributed by atoms with Gasteiger partial charge in [0.05, 0.1) is 12.3 Å². The molecule has 0 amide bonds.